The average Bonchev–Trinajstić information content (AvgIpc) is 2.72. The molecule has 0 saturated carbocycles. The van der Waals surface area contributed by atoms with Gasteiger partial charge in [0.15, 0.2) is 0 Å². The molecule has 2 aromatic rings. The third-order valence-electron chi connectivity index (χ3n) is 4.88. The van der Waals surface area contributed by atoms with Gasteiger partial charge in [-0.1, -0.05) is 30.3 Å². The Balaban J connectivity index is 1.67. The van der Waals surface area contributed by atoms with Crippen LogP contribution in [-0.2, 0) is 27.7 Å². The molecule has 0 radical (unpaired) electrons. The fourth-order valence-corrected chi connectivity index (χ4v) is 4.90. The minimum absolute atomic E-state index is 0.0533. The lowest BCUT2D eigenvalue weighted by Crippen LogP contribution is -2.35. The van der Waals surface area contributed by atoms with E-state index in [0.29, 0.717) is 32.4 Å². The molecule has 0 spiro atoms. The highest BCUT2D eigenvalue weighted by Gasteiger charge is 2.28. The maximum Gasteiger partial charge on any atom is 0.264 e. The van der Waals surface area contributed by atoms with Gasteiger partial charge in [-0.15, -0.1) is 0 Å². The maximum absolute atomic E-state index is 13.1. The van der Waals surface area contributed by atoms with Crippen LogP contribution < -0.4 is 9.62 Å². The summed E-state index contributed by atoms with van der Waals surface area (Å²) in [5, 5.41) is 11.5. The zero-order chi connectivity index (χ0) is 20.0. The molecule has 28 heavy (non-hydrogen) atoms. The Labute approximate surface area is 166 Å². The van der Waals surface area contributed by atoms with E-state index in [1.54, 1.807) is 24.3 Å². The lowest BCUT2D eigenvalue weighted by Gasteiger charge is -2.30. The van der Waals surface area contributed by atoms with Crippen LogP contribution in [0.3, 0.4) is 0 Å². The van der Waals surface area contributed by atoms with Gasteiger partial charge in [-0.05, 0) is 55.0 Å². The number of hydrogen-bond acceptors (Lipinski definition) is 4. The Hall–Kier alpha value is -2.38. The molecule has 2 N–H and O–H groups in total. The summed E-state index contributed by atoms with van der Waals surface area (Å²) in [5.41, 5.74) is 2.73. The molecule has 0 aromatic heterocycles. The first-order chi connectivity index (χ1) is 13.5. The summed E-state index contributed by atoms with van der Waals surface area (Å²) < 4.78 is 27.7. The number of benzene rings is 2. The fraction of sp³-hybridized carbons (Fsp3) is 0.381. The molecule has 1 amide bonds. The minimum atomic E-state index is -3.61. The van der Waals surface area contributed by atoms with Crippen molar-refractivity contribution in [2.45, 2.75) is 37.0 Å². The van der Waals surface area contributed by atoms with E-state index in [1.165, 1.54) is 4.31 Å². The van der Waals surface area contributed by atoms with E-state index < -0.39 is 10.0 Å². The number of nitrogens with zero attached hydrogens (tertiary/aromatic N) is 1. The number of rotatable bonds is 8. The van der Waals surface area contributed by atoms with Crippen molar-refractivity contribution < 1.29 is 18.3 Å². The Morgan fingerprint density at radius 2 is 1.86 bits per heavy atom. The van der Waals surface area contributed by atoms with E-state index in [-0.39, 0.29) is 17.4 Å². The van der Waals surface area contributed by atoms with Crippen molar-refractivity contribution in [3.63, 3.8) is 0 Å². The SMILES string of the molecule is O=C(CCc1ccc(S(=O)(=O)N2CCCc3ccccc32)cc1)NCCCO. The van der Waals surface area contributed by atoms with Gasteiger partial charge in [0.1, 0.15) is 0 Å². The van der Waals surface area contributed by atoms with E-state index in [2.05, 4.69) is 5.32 Å². The Morgan fingerprint density at radius 1 is 1.11 bits per heavy atom. The van der Waals surface area contributed by atoms with Crippen molar-refractivity contribution in [1.82, 2.24) is 5.32 Å². The number of nitrogens with one attached hydrogen (secondary N) is 1. The van der Waals surface area contributed by atoms with Crippen LogP contribution in [0.15, 0.2) is 53.4 Å². The van der Waals surface area contributed by atoms with Crippen LogP contribution in [0.4, 0.5) is 5.69 Å². The number of para-hydroxylation sites is 1. The molecule has 1 aliphatic rings. The smallest absolute Gasteiger partial charge is 0.264 e. The first-order valence-electron chi connectivity index (χ1n) is 9.59. The summed E-state index contributed by atoms with van der Waals surface area (Å²) >= 11 is 0. The van der Waals surface area contributed by atoms with Gasteiger partial charge in [-0.25, -0.2) is 8.42 Å². The van der Waals surface area contributed by atoms with Crippen LogP contribution in [0.5, 0.6) is 0 Å². The molecule has 1 heterocycles. The monoisotopic (exact) mass is 402 g/mol. The third-order valence-corrected chi connectivity index (χ3v) is 6.70. The van der Waals surface area contributed by atoms with Crippen LogP contribution in [0.25, 0.3) is 0 Å². The topological polar surface area (TPSA) is 86.7 Å². The standard InChI is InChI=1S/C21H26N2O4S/c24-16-4-14-22-21(25)13-10-17-8-11-19(12-9-17)28(26,27)23-15-3-6-18-5-1-2-7-20(18)23/h1-2,5,7-9,11-12,24H,3-4,6,10,13-16H2,(H,22,25). The summed E-state index contributed by atoms with van der Waals surface area (Å²) in [6, 6.07) is 14.4. The van der Waals surface area contributed by atoms with Gasteiger partial charge in [0.05, 0.1) is 10.6 Å². The average molecular weight is 403 g/mol. The molecule has 0 bridgehead atoms. The van der Waals surface area contributed by atoms with Gasteiger partial charge in [0.25, 0.3) is 10.0 Å². The van der Waals surface area contributed by atoms with Gasteiger partial charge >= 0.3 is 0 Å². The van der Waals surface area contributed by atoms with E-state index >= 15 is 0 Å². The van der Waals surface area contributed by atoms with Crippen molar-refractivity contribution in [2.75, 3.05) is 24.0 Å². The molecule has 2 aromatic carbocycles. The molecule has 1 aliphatic heterocycles. The molecular weight excluding hydrogens is 376 g/mol. The quantitative estimate of drug-likeness (QED) is 0.663. The van der Waals surface area contributed by atoms with Gasteiger partial charge in [0, 0.05) is 26.1 Å². The number of amides is 1. The van der Waals surface area contributed by atoms with Crippen molar-refractivity contribution >= 4 is 21.6 Å². The van der Waals surface area contributed by atoms with Gasteiger partial charge in [-0.2, -0.15) is 0 Å². The molecule has 0 aliphatic carbocycles. The first kappa shape index (κ1) is 20.4. The van der Waals surface area contributed by atoms with Gasteiger partial charge in [-0.3, -0.25) is 9.10 Å². The summed E-state index contributed by atoms with van der Waals surface area (Å²) in [6.45, 7) is 0.997. The number of aliphatic hydroxyl groups excluding tert-OH is 1. The number of carbonyl (C=O) groups is 1. The fourth-order valence-electron chi connectivity index (χ4n) is 3.36. The maximum atomic E-state index is 13.1. The lowest BCUT2D eigenvalue weighted by molar-refractivity contribution is -0.121. The predicted molar refractivity (Wildman–Crippen MR) is 109 cm³/mol. The van der Waals surface area contributed by atoms with E-state index in [4.69, 9.17) is 5.11 Å². The molecule has 0 saturated heterocycles. The second-order valence-corrected chi connectivity index (χ2v) is 8.74. The normalized spacial score (nSPS) is 13.8. The van der Waals surface area contributed by atoms with E-state index in [9.17, 15) is 13.2 Å². The predicted octanol–water partition coefficient (Wildman–Crippen LogP) is 2.26. The highest BCUT2D eigenvalue weighted by molar-refractivity contribution is 7.92. The minimum Gasteiger partial charge on any atom is -0.396 e. The third kappa shape index (κ3) is 4.72. The number of fused-ring (bicyclic) bond motifs is 1. The van der Waals surface area contributed by atoms with Crippen LogP contribution in [0.2, 0.25) is 0 Å². The Morgan fingerprint density at radius 3 is 2.61 bits per heavy atom. The number of hydrogen-bond donors (Lipinski definition) is 2. The summed E-state index contributed by atoms with van der Waals surface area (Å²) in [4.78, 5) is 12.0. The van der Waals surface area contributed by atoms with Crippen molar-refractivity contribution in [3.05, 3.63) is 59.7 Å². The second kappa shape index (κ2) is 9.21. The molecule has 6 nitrogen and oxygen atoms in total. The van der Waals surface area contributed by atoms with Gasteiger partial charge in [0.2, 0.25) is 5.91 Å². The molecule has 7 heteroatoms. The molecule has 0 atom stereocenters. The number of sulfonamides is 1. The molecule has 150 valence electrons. The molecule has 3 rings (SSSR count). The van der Waals surface area contributed by atoms with Crippen molar-refractivity contribution in [1.29, 1.82) is 0 Å². The molecule has 0 unspecified atom stereocenters. The molecular formula is C21H26N2O4S. The van der Waals surface area contributed by atoms with E-state index in [0.717, 1.165) is 29.7 Å². The zero-order valence-corrected chi connectivity index (χ0v) is 16.6. The highest BCUT2D eigenvalue weighted by atomic mass is 32.2. The van der Waals surface area contributed by atoms with Crippen LogP contribution >= 0.6 is 0 Å². The number of anilines is 1. The molecule has 0 fully saturated rings. The number of aliphatic hydroxyl groups is 1. The zero-order valence-electron chi connectivity index (χ0n) is 15.8. The highest BCUT2D eigenvalue weighted by Crippen LogP contribution is 2.31. The first-order valence-corrected chi connectivity index (χ1v) is 11.0. The van der Waals surface area contributed by atoms with Crippen LogP contribution in [0.1, 0.15) is 30.4 Å². The summed E-state index contributed by atoms with van der Waals surface area (Å²) in [6.07, 6.45) is 3.11. The van der Waals surface area contributed by atoms with Crippen molar-refractivity contribution in [3.8, 4) is 0 Å². The summed E-state index contributed by atoms with van der Waals surface area (Å²) in [5.74, 6) is -0.0740. The second-order valence-electron chi connectivity index (χ2n) is 6.88. The van der Waals surface area contributed by atoms with E-state index in [1.807, 2.05) is 24.3 Å². The Bertz CT molecular complexity index is 910. The lowest BCUT2D eigenvalue weighted by atomic mass is 10.0. The van der Waals surface area contributed by atoms with Crippen molar-refractivity contribution in [2.24, 2.45) is 0 Å². The number of carbonyl (C=O) groups excluding carboxylic acids is 1. The van der Waals surface area contributed by atoms with Crippen LogP contribution in [-0.4, -0.2) is 39.1 Å². The summed E-state index contributed by atoms with van der Waals surface area (Å²) in [7, 11) is -3.61. The number of aryl methyl sites for hydroxylation is 2. The van der Waals surface area contributed by atoms with Crippen LogP contribution in [0, 0.1) is 0 Å². The van der Waals surface area contributed by atoms with Gasteiger partial charge < -0.3 is 10.4 Å². The largest absolute Gasteiger partial charge is 0.396 e. The Kier molecular flexibility index (Phi) is 6.70.